The van der Waals surface area contributed by atoms with Crippen LogP contribution in [0.4, 0.5) is 0 Å². The molecule has 19 heavy (non-hydrogen) atoms. The summed E-state index contributed by atoms with van der Waals surface area (Å²) >= 11 is 0. The Bertz CT molecular complexity index is 404. The Balaban J connectivity index is 2.13. The first-order valence-electron chi connectivity index (χ1n) is 7.62. The zero-order valence-corrected chi connectivity index (χ0v) is 13.3. The zero-order chi connectivity index (χ0) is 14.1. The molecule has 2 aliphatic rings. The minimum Gasteiger partial charge on any atom is -0.308 e. The van der Waals surface area contributed by atoms with Gasteiger partial charge >= 0.3 is 0 Å². The van der Waals surface area contributed by atoms with Crippen LogP contribution < -0.4 is 5.32 Å². The lowest BCUT2D eigenvalue weighted by Gasteiger charge is -2.50. The van der Waals surface area contributed by atoms with Gasteiger partial charge in [0.2, 0.25) is 0 Å². The Labute approximate surface area is 117 Å². The van der Waals surface area contributed by atoms with Crippen LogP contribution in [0.25, 0.3) is 0 Å². The maximum absolute atomic E-state index is 11.9. The van der Waals surface area contributed by atoms with E-state index in [-0.39, 0.29) is 11.6 Å². The molecule has 0 aromatic heterocycles. The van der Waals surface area contributed by atoms with Gasteiger partial charge in [0.1, 0.15) is 0 Å². The molecule has 1 N–H and O–H groups in total. The first-order chi connectivity index (χ1) is 8.91. The van der Waals surface area contributed by atoms with Crippen LogP contribution in [-0.2, 0) is 9.84 Å². The minimum absolute atomic E-state index is 0.174. The van der Waals surface area contributed by atoms with E-state index in [4.69, 9.17) is 0 Å². The average molecular weight is 288 g/mol. The van der Waals surface area contributed by atoms with Crippen molar-refractivity contribution in [3.63, 3.8) is 0 Å². The van der Waals surface area contributed by atoms with Crippen molar-refractivity contribution in [2.24, 2.45) is 0 Å². The van der Waals surface area contributed by atoms with E-state index in [0.29, 0.717) is 17.5 Å². The lowest BCUT2D eigenvalue weighted by molar-refractivity contribution is 0.0468. The minimum atomic E-state index is -2.82. The summed E-state index contributed by atoms with van der Waals surface area (Å²) in [6.45, 7) is 8.62. The fourth-order valence-corrected chi connectivity index (χ4v) is 5.23. The molecule has 0 aliphatic carbocycles. The van der Waals surface area contributed by atoms with Gasteiger partial charge in [0.25, 0.3) is 0 Å². The van der Waals surface area contributed by atoms with Gasteiger partial charge in [-0.15, -0.1) is 0 Å². The van der Waals surface area contributed by atoms with Gasteiger partial charge in [0.05, 0.1) is 11.5 Å². The van der Waals surface area contributed by atoms with Crippen LogP contribution in [0.15, 0.2) is 0 Å². The highest BCUT2D eigenvalue weighted by Crippen LogP contribution is 2.27. The second-order valence-corrected chi connectivity index (χ2v) is 8.53. The van der Waals surface area contributed by atoms with Crippen LogP contribution in [-0.4, -0.2) is 55.5 Å². The smallest absolute Gasteiger partial charge is 0.151 e. The molecule has 0 saturated carbocycles. The largest absolute Gasteiger partial charge is 0.308 e. The Kier molecular flexibility index (Phi) is 4.58. The maximum Gasteiger partial charge on any atom is 0.151 e. The van der Waals surface area contributed by atoms with E-state index in [2.05, 4.69) is 31.0 Å². The molecule has 5 heteroatoms. The van der Waals surface area contributed by atoms with Gasteiger partial charge in [-0.3, -0.25) is 4.90 Å². The molecule has 4 nitrogen and oxygen atoms in total. The second kappa shape index (κ2) is 5.70. The van der Waals surface area contributed by atoms with Crippen LogP contribution in [0.2, 0.25) is 0 Å². The predicted octanol–water partition coefficient (Wildman–Crippen LogP) is 1.42. The zero-order valence-electron chi connectivity index (χ0n) is 12.5. The summed E-state index contributed by atoms with van der Waals surface area (Å²) in [4.78, 5) is 2.46. The summed E-state index contributed by atoms with van der Waals surface area (Å²) in [5.74, 6) is 0.748. The summed E-state index contributed by atoms with van der Waals surface area (Å²) < 4.78 is 23.7. The number of hydrogen-bond acceptors (Lipinski definition) is 4. The van der Waals surface area contributed by atoms with Crippen molar-refractivity contribution in [2.75, 3.05) is 24.6 Å². The standard InChI is InChI=1S/C14H28N2O2S/c1-4-14(5-2)11-16(12(3)9-15-14)13-7-6-8-19(17,18)10-13/h12-13,15H,4-11H2,1-3H3. The van der Waals surface area contributed by atoms with Gasteiger partial charge in [-0.25, -0.2) is 8.42 Å². The van der Waals surface area contributed by atoms with Crippen LogP contribution in [0.5, 0.6) is 0 Å². The first kappa shape index (κ1) is 15.3. The highest BCUT2D eigenvalue weighted by molar-refractivity contribution is 7.91. The molecule has 0 amide bonds. The van der Waals surface area contributed by atoms with E-state index in [1.807, 2.05) is 0 Å². The fourth-order valence-electron chi connectivity index (χ4n) is 3.52. The molecule has 2 fully saturated rings. The average Bonchev–Trinajstić information content (AvgIpc) is 2.39. The van der Waals surface area contributed by atoms with Gasteiger partial charge in [0.15, 0.2) is 9.84 Å². The van der Waals surface area contributed by atoms with Crippen LogP contribution in [0, 0.1) is 0 Å². The number of rotatable bonds is 3. The highest BCUT2D eigenvalue weighted by atomic mass is 32.2. The van der Waals surface area contributed by atoms with E-state index < -0.39 is 9.84 Å². The summed E-state index contributed by atoms with van der Waals surface area (Å²) in [5.41, 5.74) is 0.174. The summed E-state index contributed by atoms with van der Waals surface area (Å²) in [6, 6.07) is 0.665. The highest BCUT2D eigenvalue weighted by Gasteiger charge is 2.40. The Hall–Kier alpha value is -0.130. The Morgan fingerprint density at radius 3 is 2.58 bits per heavy atom. The van der Waals surface area contributed by atoms with Crippen LogP contribution in [0.3, 0.4) is 0 Å². The normalized spacial score (nSPS) is 35.1. The SMILES string of the molecule is CCC1(CC)CN(C2CCCS(=O)(=O)C2)C(C)CN1. The van der Waals surface area contributed by atoms with E-state index in [1.165, 1.54) is 0 Å². The van der Waals surface area contributed by atoms with Gasteiger partial charge in [-0.2, -0.15) is 0 Å². The van der Waals surface area contributed by atoms with Crippen molar-refractivity contribution >= 4 is 9.84 Å². The monoisotopic (exact) mass is 288 g/mol. The van der Waals surface area contributed by atoms with Crippen molar-refractivity contribution in [3.05, 3.63) is 0 Å². The van der Waals surface area contributed by atoms with Gasteiger partial charge in [0, 0.05) is 30.7 Å². The lowest BCUT2D eigenvalue weighted by atomic mass is 9.87. The topological polar surface area (TPSA) is 49.4 Å². The molecule has 2 aliphatic heterocycles. The molecular formula is C14H28N2O2S. The van der Waals surface area contributed by atoms with Gasteiger partial charge in [-0.05, 0) is 32.6 Å². The summed E-state index contributed by atoms with van der Waals surface area (Å²) in [6.07, 6.45) is 4.07. The number of piperazine rings is 1. The van der Waals surface area contributed by atoms with Crippen LogP contribution in [0.1, 0.15) is 46.5 Å². The molecule has 0 spiro atoms. The molecule has 2 unspecified atom stereocenters. The van der Waals surface area contributed by atoms with Crippen molar-refractivity contribution in [1.29, 1.82) is 0 Å². The van der Waals surface area contributed by atoms with E-state index in [1.54, 1.807) is 0 Å². The Morgan fingerprint density at radius 2 is 2.00 bits per heavy atom. The van der Waals surface area contributed by atoms with E-state index in [9.17, 15) is 8.42 Å². The number of sulfone groups is 1. The van der Waals surface area contributed by atoms with Crippen molar-refractivity contribution in [2.45, 2.75) is 64.1 Å². The fraction of sp³-hybridized carbons (Fsp3) is 1.00. The Morgan fingerprint density at radius 1 is 1.32 bits per heavy atom. The molecule has 0 bridgehead atoms. The van der Waals surface area contributed by atoms with E-state index >= 15 is 0 Å². The molecular weight excluding hydrogens is 260 g/mol. The van der Waals surface area contributed by atoms with Crippen molar-refractivity contribution in [3.8, 4) is 0 Å². The summed E-state index contributed by atoms with van der Waals surface area (Å²) in [5, 5.41) is 3.68. The third kappa shape index (κ3) is 3.31. The summed E-state index contributed by atoms with van der Waals surface area (Å²) in [7, 11) is -2.82. The second-order valence-electron chi connectivity index (χ2n) is 6.30. The van der Waals surface area contributed by atoms with E-state index in [0.717, 1.165) is 38.8 Å². The number of hydrogen-bond donors (Lipinski definition) is 1. The predicted molar refractivity (Wildman–Crippen MR) is 79.2 cm³/mol. The van der Waals surface area contributed by atoms with Crippen LogP contribution >= 0.6 is 0 Å². The maximum atomic E-state index is 11.9. The number of nitrogens with zero attached hydrogens (tertiary/aromatic N) is 1. The quantitative estimate of drug-likeness (QED) is 0.853. The first-order valence-corrected chi connectivity index (χ1v) is 9.45. The molecule has 2 rings (SSSR count). The van der Waals surface area contributed by atoms with Gasteiger partial charge < -0.3 is 5.32 Å². The third-order valence-electron chi connectivity index (χ3n) is 5.09. The lowest BCUT2D eigenvalue weighted by Crippen LogP contribution is -2.66. The molecule has 2 atom stereocenters. The molecule has 2 saturated heterocycles. The number of nitrogens with one attached hydrogen (secondary N) is 1. The van der Waals surface area contributed by atoms with Gasteiger partial charge in [-0.1, -0.05) is 13.8 Å². The van der Waals surface area contributed by atoms with Crippen molar-refractivity contribution < 1.29 is 8.42 Å². The molecule has 2 heterocycles. The molecule has 0 aromatic carbocycles. The van der Waals surface area contributed by atoms with Crippen molar-refractivity contribution in [1.82, 2.24) is 10.2 Å². The molecule has 0 radical (unpaired) electrons. The third-order valence-corrected chi connectivity index (χ3v) is 6.89. The molecule has 0 aromatic rings. The molecule has 112 valence electrons.